The maximum Gasteiger partial charge on any atom is 0.306 e. The van der Waals surface area contributed by atoms with E-state index in [9.17, 15) is 19.0 Å². The van der Waals surface area contributed by atoms with Gasteiger partial charge in [0.15, 0.2) is 0 Å². The van der Waals surface area contributed by atoms with Crippen molar-refractivity contribution in [1.29, 1.82) is 0 Å². The smallest absolute Gasteiger partial charge is 0.306 e. The monoisotopic (exact) mass is 1000 g/mol. The molecule has 3 unspecified atom stereocenters. The number of allylic oxidation sites excluding steroid dienone is 9. The van der Waals surface area contributed by atoms with Crippen molar-refractivity contribution in [3.8, 4) is 0 Å². The van der Waals surface area contributed by atoms with Crippen LogP contribution in [0.2, 0.25) is 0 Å². The molecule has 9 nitrogen and oxygen atoms in total. The fourth-order valence-electron chi connectivity index (χ4n) is 8.15. The molecule has 0 aliphatic carbocycles. The second kappa shape index (κ2) is 50.3. The molecule has 0 radical (unpaired) electrons. The largest absolute Gasteiger partial charge is 0.756 e. The molecule has 0 rings (SSSR count). The van der Waals surface area contributed by atoms with E-state index in [0.717, 1.165) is 83.5 Å². The van der Waals surface area contributed by atoms with Crippen LogP contribution in [-0.4, -0.2) is 69.4 Å². The van der Waals surface area contributed by atoms with Gasteiger partial charge in [0.2, 0.25) is 5.91 Å². The Hall–Kier alpha value is -2.29. The standard InChI is InChI=1S/C60H111N2O7P/c1-7-10-13-16-19-22-25-28-30-32-34-37-40-43-46-49-52-59(63)61-57(56-68-70(65,66)67-55-54-62(4,5)6)58(51-48-45-42-39-36-33-27-24-21-18-15-12-9-3)69-60(64)53-50-47-44-41-38-35-31-29-26-23-20-17-14-11-8-2/h20,23,26,29-30,32,34,37,48,51,57-58H,7-19,21-22,24-25,27-28,31,33,35-36,38-47,49-50,52-56H2,1-6H3,(H-,61,63,65,66)/b23-20+,29-26+,32-30+,37-34+,51-48+. The number of amides is 1. The third kappa shape index (κ3) is 50.6. The number of hydrogen-bond acceptors (Lipinski definition) is 7. The summed E-state index contributed by atoms with van der Waals surface area (Å²) in [5, 5.41) is 3.00. The van der Waals surface area contributed by atoms with Crippen molar-refractivity contribution in [2.24, 2.45) is 0 Å². The first kappa shape index (κ1) is 67.7. The van der Waals surface area contributed by atoms with Crippen LogP contribution < -0.4 is 10.2 Å². The first-order valence-electron chi connectivity index (χ1n) is 29.1. The van der Waals surface area contributed by atoms with E-state index < -0.39 is 26.6 Å². The average molecular weight is 1000 g/mol. The molecule has 0 heterocycles. The Bertz CT molecular complexity index is 1390. The first-order valence-corrected chi connectivity index (χ1v) is 30.6. The maximum absolute atomic E-state index is 13.5. The number of hydrogen-bond donors (Lipinski definition) is 1. The number of ether oxygens (including phenoxy) is 1. The number of esters is 1. The summed E-state index contributed by atoms with van der Waals surface area (Å²) in [6, 6.07) is -0.907. The van der Waals surface area contributed by atoms with E-state index in [1.165, 1.54) is 128 Å². The number of phosphoric acid groups is 1. The predicted molar refractivity (Wildman–Crippen MR) is 298 cm³/mol. The number of carbonyl (C=O) groups excluding carboxylic acids is 2. The number of phosphoric ester groups is 1. The van der Waals surface area contributed by atoms with Gasteiger partial charge in [0.05, 0.1) is 33.8 Å². The molecule has 0 aliphatic heterocycles. The van der Waals surface area contributed by atoms with Crippen LogP contribution in [0.1, 0.15) is 258 Å². The van der Waals surface area contributed by atoms with Crippen LogP contribution >= 0.6 is 7.82 Å². The Kier molecular flexibility index (Phi) is 48.6. The lowest BCUT2D eigenvalue weighted by molar-refractivity contribution is -0.870. The SMILES string of the molecule is CCCCC/C=C/C=C/CCCCCCCCC(=O)OC(/C=C/CCCCCCCCCCCCC)C(COP(=O)([O-])OCC[N+](C)(C)C)NC(=O)CCCCC/C=C/C=C/CCCCCCCCC. The summed E-state index contributed by atoms with van der Waals surface area (Å²) in [5.74, 6) is -0.583. The quantitative estimate of drug-likeness (QED) is 0.0161. The number of rotatable bonds is 52. The molecule has 0 bridgehead atoms. The normalized spacial score (nSPS) is 14.2. The molecule has 0 saturated heterocycles. The fraction of sp³-hybridized carbons (Fsp3) is 0.800. The van der Waals surface area contributed by atoms with Crippen molar-refractivity contribution in [1.82, 2.24) is 5.32 Å². The van der Waals surface area contributed by atoms with Gasteiger partial charge in [0.1, 0.15) is 19.3 Å². The molecule has 0 aromatic heterocycles. The summed E-state index contributed by atoms with van der Waals surface area (Å²) in [4.78, 5) is 39.9. The average Bonchev–Trinajstić information content (AvgIpc) is 3.32. The molecule has 1 N–H and O–H groups in total. The summed E-state index contributed by atoms with van der Waals surface area (Å²) in [6.45, 7) is 6.78. The third-order valence-corrected chi connectivity index (χ3v) is 13.7. The van der Waals surface area contributed by atoms with Gasteiger partial charge in [0.25, 0.3) is 7.82 Å². The number of nitrogens with one attached hydrogen (secondary N) is 1. The minimum absolute atomic E-state index is 0.0305. The Morgan fingerprint density at radius 1 is 0.500 bits per heavy atom. The summed E-state index contributed by atoms with van der Waals surface area (Å²) in [6.07, 6.45) is 61.8. The van der Waals surface area contributed by atoms with E-state index in [1.54, 1.807) is 0 Å². The van der Waals surface area contributed by atoms with Crippen molar-refractivity contribution in [3.05, 3.63) is 60.8 Å². The maximum atomic E-state index is 13.5. The van der Waals surface area contributed by atoms with Crippen molar-refractivity contribution in [2.75, 3.05) is 40.9 Å². The van der Waals surface area contributed by atoms with Gasteiger partial charge in [-0.3, -0.25) is 14.2 Å². The van der Waals surface area contributed by atoms with Crippen LogP contribution in [0.25, 0.3) is 0 Å². The van der Waals surface area contributed by atoms with Crippen LogP contribution in [0.4, 0.5) is 0 Å². The first-order chi connectivity index (χ1) is 33.9. The number of nitrogens with zero attached hydrogens (tertiary/aromatic N) is 1. The van der Waals surface area contributed by atoms with Gasteiger partial charge >= 0.3 is 5.97 Å². The molecule has 0 fully saturated rings. The lowest BCUT2D eigenvalue weighted by Crippen LogP contribution is -2.47. The lowest BCUT2D eigenvalue weighted by atomic mass is 10.0. The molecule has 0 aromatic carbocycles. The highest BCUT2D eigenvalue weighted by atomic mass is 31.2. The van der Waals surface area contributed by atoms with Gasteiger partial charge in [-0.15, -0.1) is 0 Å². The zero-order valence-corrected chi connectivity index (χ0v) is 47.4. The van der Waals surface area contributed by atoms with E-state index in [0.29, 0.717) is 23.9 Å². The Balaban J connectivity index is 5.43. The zero-order chi connectivity index (χ0) is 51.5. The van der Waals surface area contributed by atoms with Crippen molar-refractivity contribution in [3.63, 3.8) is 0 Å². The van der Waals surface area contributed by atoms with E-state index in [4.69, 9.17) is 13.8 Å². The number of likely N-dealkylation sites (N-methyl/N-ethyl adjacent to an activating group) is 1. The van der Waals surface area contributed by atoms with Crippen LogP contribution in [0, 0.1) is 0 Å². The van der Waals surface area contributed by atoms with Crippen LogP contribution in [0.5, 0.6) is 0 Å². The summed E-state index contributed by atoms with van der Waals surface area (Å²) in [7, 11) is 1.16. The topological polar surface area (TPSA) is 114 Å². The van der Waals surface area contributed by atoms with Gasteiger partial charge in [0, 0.05) is 12.8 Å². The second-order valence-corrected chi connectivity index (χ2v) is 22.3. The second-order valence-electron chi connectivity index (χ2n) is 20.8. The lowest BCUT2D eigenvalue weighted by Gasteiger charge is -2.30. The molecule has 0 aromatic rings. The molecule has 70 heavy (non-hydrogen) atoms. The van der Waals surface area contributed by atoms with Crippen LogP contribution in [0.15, 0.2) is 60.8 Å². The van der Waals surface area contributed by atoms with Gasteiger partial charge < -0.3 is 28.5 Å². The number of quaternary nitrogens is 1. The zero-order valence-electron chi connectivity index (χ0n) is 46.5. The number of unbranched alkanes of at least 4 members (excludes halogenated alkanes) is 30. The van der Waals surface area contributed by atoms with Crippen molar-refractivity contribution in [2.45, 2.75) is 270 Å². The van der Waals surface area contributed by atoms with Gasteiger partial charge in [-0.25, -0.2) is 0 Å². The highest BCUT2D eigenvalue weighted by molar-refractivity contribution is 7.45. The van der Waals surface area contributed by atoms with Crippen LogP contribution in [0.3, 0.4) is 0 Å². The molecular formula is C60H111N2O7P. The van der Waals surface area contributed by atoms with Crippen LogP contribution in [-0.2, 0) is 27.9 Å². The molecule has 408 valence electrons. The molecule has 0 aliphatic rings. The van der Waals surface area contributed by atoms with E-state index in [-0.39, 0.29) is 31.3 Å². The van der Waals surface area contributed by atoms with Gasteiger partial charge in [-0.2, -0.15) is 0 Å². The van der Waals surface area contributed by atoms with E-state index in [2.05, 4.69) is 74.7 Å². The van der Waals surface area contributed by atoms with E-state index >= 15 is 0 Å². The van der Waals surface area contributed by atoms with Crippen molar-refractivity contribution >= 4 is 19.7 Å². The highest BCUT2D eigenvalue weighted by Gasteiger charge is 2.27. The molecule has 10 heteroatoms. The minimum Gasteiger partial charge on any atom is -0.756 e. The van der Waals surface area contributed by atoms with Gasteiger partial charge in [-0.1, -0.05) is 223 Å². The number of carbonyl (C=O) groups is 2. The minimum atomic E-state index is -4.70. The van der Waals surface area contributed by atoms with Gasteiger partial charge in [-0.05, 0) is 83.1 Å². The Morgan fingerprint density at radius 2 is 0.857 bits per heavy atom. The molecule has 3 atom stereocenters. The molecular weight excluding hydrogens is 892 g/mol. The predicted octanol–water partition coefficient (Wildman–Crippen LogP) is 16.9. The molecule has 0 saturated carbocycles. The summed E-state index contributed by atoms with van der Waals surface area (Å²) >= 11 is 0. The fourth-order valence-corrected chi connectivity index (χ4v) is 8.87. The third-order valence-electron chi connectivity index (χ3n) is 12.7. The summed E-state index contributed by atoms with van der Waals surface area (Å²) in [5.41, 5.74) is 0. The summed E-state index contributed by atoms with van der Waals surface area (Å²) < 4.78 is 30.2. The van der Waals surface area contributed by atoms with Crippen molar-refractivity contribution < 1.29 is 37.3 Å². The highest BCUT2D eigenvalue weighted by Crippen LogP contribution is 2.38. The Morgan fingerprint density at radius 3 is 1.30 bits per heavy atom. The molecule has 0 spiro atoms. The Labute approximate surface area is 432 Å². The molecule has 1 amide bonds. The van der Waals surface area contributed by atoms with E-state index in [1.807, 2.05) is 33.3 Å².